The van der Waals surface area contributed by atoms with E-state index >= 15 is 0 Å². The first kappa shape index (κ1) is 11.3. The van der Waals surface area contributed by atoms with Crippen molar-refractivity contribution in [3.8, 4) is 0 Å². The summed E-state index contributed by atoms with van der Waals surface area (Å²) in [6.07, 6.45) is 0.782. The van der Waals surface area contributed by atoms with Gasteiger partial charge in [-0.2, -0.15) is 0 Å². The van der Waals surface area contributed by atoms with Crippen molar-refractivity contribution in [2.24, 2.45) is 0 Å². The molecule has 0 aromatic carbocycles. The minimum atomic E-state index is -0.844. The lowest BCUT2D eigenvalue weighted by Crippen LogP contribution is -2.18. The van der Waals surface area contributed by atoms with Crippen LogP contribution in [0, 0.1) is 10.1 Å². The summed E-state index contributed by atoms with van der Waals surface area (Å²) in [5, 5.41) is 9.82. The molecule has 0 unspecified atom stereocenters. The molecule has 0 N–H and O–H groups in total. The highest BCUT2D eigenvalue weighted by Gasteiger charge is 2.15. The van der Waals surface area contributed by atoms with Crippen LogP contribution in [0.2, 0.25) is 0 Å². The Kier molecular flexibility index (Phi) is 5.09. The van der Waals surface area contributed by atoms with E-state index in [0.29, 0.717) is 0 Å². The predicted octanol–water partition coefficient (Wildman–Crippen LogP) is -0.0485. The Hall–Kier alpha value is -1.72. The van der Waals surface area contributed by atoms with Crippen LogP contribution in [0.4, 0.5) is 0 Å². The molecule has 0 aliphatic rings. The fourth-order valence-electron chi connectivity index (χ4n) is 0.564. The Morgan fingerprint density at radius 3 is 2.62 bits per heavy atom. The number of Topliss-reactive ketones (excluding diaryl/α,β-unsaturated/α-hetero) is 1. The lowest BCUT2D eigenvalue weighted by Gasteiger charge is -1.98. The van der Waals surface area contributed by atoms with Crippen LogP contribution >= 0.6 is 0 Å². The van der Waals surface area contributed by atoms with Crippen LogP contribution in [0.3, 0.4) is 0 Å². The molecule has 0 bridgehead atoms. The third kappa shape index (κ3) is 6.67. The fourth-order valence-corrected chi connectivity index (χ4v) is 0.564. The summed E-state index contributed by atoms with van der Waals surface area (Å²) in [6, 6.07) is 0. The van der Waals surface area contributed by atoms with E-state index in [1.807, 2.05) is 0 Å². The van der Waals surface area contributed by atoms with Gasteiger partial charge in [0.25, 0.3) is 6.54 Å². The number of nitrogens with zero attached hydrogens (tertiary/aromatic N) is 1. The number of ketones is 1. The van der Waals surface area contributed by atoms with E-state index in [1.54, 1.807) is 0 Å². The molecule has 0 aliphatic heterocycles. The number of hydrogen-bond donors (Lipinski definition) is 0. The van der Waals surface area contributed by atoms with Crippen LogP contribution < -0.4 is 0 Å². The van der Waals surface area contributed by atoms with Gasteiger partial charge in [-0.3, -0.25) is 19.7 Å². The number of nitro groups is 1. The molecule has 0 amide bonds. The van der Waals surface area contributed by atoms with Crippen molar-refractivity contribution < 1.29 is 19.2 Å². The number of esters is 1. The second-order valence-electron chi connectivity index (χ2n) is 2.18. The minimum absolute atomic E-state index is 0.00454. The quantitative estimate of drug-likeness (QED) is 0.191. The van der Waals surface area contributed by atoms with E-state index in [2.05, 4.69) is 11.3 Å². The standard InChI is InChI=1S/C7H9NO5/c1-2-3-13-7(10)4-6(9)5-8(11)12/h2H,1,3-5H2. The summed E-state index contributed by atoms with van der Waals surface area (Å²) in [7, 11) is 0. The summed E-state index contributed by atoms with van der Waals surface area (Å²) in [5.41, 5.74) is 0. The molecule has 0 spiro atoms. The molecule has 72 valence electrons. The second kappa shape index (κ2) is 5.87. The third-order valence-electron chi connectivity index (χ3n) is 1.01. The summed E-state index contributed by atoms with van der Waals surface area (Å²) >= 11 is 0. The molecular weight excluding hydrogens is 178 g/mol. The highest BCUT2D eigenvalue weighted by atomic mass is 16.6. The Morgan fingerprint density at radius 2 is 2.15 bits per heavy atom. The Labute approximate surface area is 74.3 Å². The smallest absolute Gasteiger partial charge is 0.313 e. The first-order chi connectivity index (χ1) is 6.06. The number of carbonyl (C=O) groups excluding carboxylic acids is 2. The molecular formula is C7H9NO5. The van der Waals surface area contributed by atoms with Gasteiger partial charge < -0.3 is 4.74 Å². The molecule has 0 heterocycles. The molecule has 0 saturated carbocycles. The van der Waals surface area contributed by atoms with Crippen LogP contribution in [0.5, 0.6) is 0 Å². The molecule has 0 atom stereocenters. The second-order valence-corrected chi connectivity index (χ2v) is 2.18. The maximum absolute atomic E-state index is 10.7. The summed E-state index contributed by atoms with van der Waals surface area (Å²) in [6.45, 7) is 2.45. The first-order valence-electron chi connectivity index (χ1n) is 3.46. The summed E-state index contributed by atoms with van der Waals surface area (Å²) in [4.78, 5) is 30.4. The van der Waals surface area contributed by atoms with Gasteiger partial charge in [-0.1, -0.05) is 12.7 Å². The molecule has 0 aromatic heterocycles. The zero-order chi connectivity index (χ0) is 10.3. The maximum Gasteiger partial charge on any atom is 0.313 e. The lowest BCUT2D eigenvalue weighted by molar-refractivity contribution is -0.467. The largest absolute Gasteiger partial charge is 0.461 e. The molecule has 0 aromatic rings. The maximum atomic E-state index is 10.7. The van der Waals surface area contributed by atoms with Crippen molar-refractivity contribution >= 4 is 11.8 Å². The molecule has 13 heavy (non-hydrogen) atoms. The van der Waals surface area contributed by atoms with Gasteiger partial charge in [-0.05, 0) is 0 Å². The van der Waals surface area contributed by atoms with Gasteiger partial charge in [0.15, 0.2) is 0 Å². The zero-order valence-corrected chi connectivity index (χ0v) is 6.89. The molecule has 0 aliphatic carbocycles. The SMILES string of the molecule is C=CCOC(=O)CC(=O)C[N+](=O)[O-]. The van der Waals surface area contributed by atoms with Crippen molar-refractivity contribution in [2.75, 3.05) is 13.2 Å². The normalized spacial score (nSPS) is 8.92. The highest BCUT2D eigenvalue weighted by molar-refractivity contribution is 5.96. The average molecular weight is 187 g/mol. The number of ether oxygens (including phenoxy) is 1. The van der Waals surface area contributed by atoms with Crippen molar-refractivity contribution in [1.29, 1.82) is 0 Å². The third-order valence-corrected chi connectivity index (χ3v) is 1.01. The van der Waals surface area contributed by atoms with E-state index in [0.717, 1.165) is 0 Å². The number of rotatable bonds is 6. The van der Waals surface area contributed by atoms with Crippen LogP contribution in [-0.2, 0) is 14.3 Å². The zero-order valence-electron chi connectivity index (χ0n) is 6.89. The van der Waals surface area contributed by atoms with Crippen molar-refractivity contribution in [3.05, 3.63) is 22.8 Å². The summed E-state index contributed by atoms with van der Waals surface area (Å²) in [5.74, 6) is -1.54. The van der Waals surface area contributed by atoms with Crippen LogP contribution in [0.1, 0.15) is 6.42 Å². The van der Waals surface area contributed by atoms with Crippen LogP contribution in [0.25, 0.3) is 0 Å². The molecule has 0 radical (unpaired) electrons. The first-order valence-corrected chi connectivity index (χ1v) is 3.46. The van der Waals surface area contributed by atoms with Crippen molar-refractivity contribution in [3.63, 3.8) is 0 Å². The highest BCUT2D eigenvalue weighted by Crippen LogP contribution is 1.89. The van der Waals surface area contributed by atoms with Crippen LogP contribution in [-0.4, -0.2) is 29.8 Å². The van der Waals surface area contributed by atoms with Gasteiger partial charge in [-0.15, -0.1) is 0 Å². The van der Waals surface area contributed by atoms with Gasteiger partial charge in [0.1, 0.15) is 13.0 Å². The van der Waals surface area contributed by atoms with Gasteiger partial charge in [0.2, 0.25) is 5.78 Å². The molecule has 6 heteroatoms. The Balaban J connectivity index is 3.71. The van der Waals surface area contributed by atoms with Crippen LogP contribution in [0.15, 0.2) is 12.7 Å². The summed E-state index contributed by atoms with van der Waals surface area (Å²) < 4.78 is 4.44. The van der Waals surface area contributed by atoms with Crippen molar-refractivity contribution in [2.45, 2.75) is 6.42 Å². The Morgan fingerprint density at radius 1 is 1.54 bits per heavy atom. The molecule has 0 fully saturated rings. The van der Waals surface area contributed by atoms with Gasteiger partial charge >= 0.3 is 5.97 Å². The van der Waals surface area contributed by atoms with Gasteiger partial charge in [0, 0.05) is 4.92 Å². The predicted molar refractivity (Wildman–Crippen MR) is 42.6 cm³/mol. The Bertz CT molecular complexity index is 235. The topological polar surface area (TPSA) is 86.5 Å². The number of hydrogen-bond acceptors (Lipinski definition) is 5. The van der Waals surface area contributed by atoms with E-state index in [-0.39, 0.29) is 6.61 Å². The fraction of sp³-hybridized carbons (Fsp3) is 0.429. The molecule has 0 rings (SSSR count). The minimum Gasteiger partial charge on any atom is -0.461 e. The number of carbonyl (C=O) groups is 2. The van der Waals surface area contributed by atoms with E-state index < -0.39 is 29.6 Å². The van der Waals surface area contributed by atoms with Crippen molar-refractivity contribution in [1.82, 2.24) is 0 Å². The molecule has 0 saturated heterocycles. The van der Waals surface area contributed by atoms with E-state index in [4.69, 9.17) is 0 Å². The van der Waals surface area contributed by atoms with Gasteiger partial charge in [-0.25, -0.2) is 0 Å². The monoisotopic (exact) mass is 187 g/mol. The van der Waals surface area contributed by atoms with E-state index in [9.17, 15) is 19.7 Å². The lowest BCUT2D eigenvalue weighted by atomic mass is 10.3. The van der Waals surface area contributed by atoms with Gasteiger partial charge in [0.05, 0.1) is 0 Å². The van der Waals surface area contributed by atoms with E-state index in [1.165, 1.54) is 6.08 Å². The molecule has 6 nitrogen and oxygen atoms in total. The average Bonchev–Trinajstić information content (AvgIpc) is 1.98.